The van der Waals surface area contributed by atoms with E-state index in [-0.39, 0.29) is 24.3 Å². The summed E-state index contributed by atoms with van der Waals surface area (Å²) >= 11 is 0. The van der Waals surface area contributed by atoms with Crippen molar-refractivity contribution < 1.29 is 38.6 Å². The maximum absolute atomic E-state index is 13.5. The van der Waals surface area contributed by atoms with Crippen LogP contribution in [0.2, 0.25) is 0 Å². The number of hydrogen-bond acceptors (Lipinski definition) is 8. The Bertz CT molecular complexity index is 1210. The lowest BCUT2D eigenvalue weighted by Crippen LogP contribution is -2.65. The Labute approximate surface area is 232 Å². The topological polar surface area (TPSA) is 146 Å². The van der Waals surface area contributed by atoms with E-state index in [1.807, 2.05) is 72.8 Å². The number of carboxylic acid groups (broad SMARTS) is 2. The number of Topliss-reactive ketones (excluding diaryl/α,β-unsaturated/α-hetero) is 1. The summed E-state index contributed by atoms with van der Waals surface area (Å²) in [6.45, 7) is 2.23. The van der Waals surface area contributed by atoms with Gasteiger partial charge in [0.05, 0.1) is 13.1 Å². The number of piperidine rings is 3. The first-order chi connectivity index (χ1) is 19.4. The van der Waals surface area contributed by atoms with Crippen molar-refractivity contribution in [3.05, 3.63) is 96.3 Å². The zero-order valence-electron chi connectivity index (χ0n) is 22.0. The first-order valence-corrected chi connectivity index (χ1v) is 12.9. The molecule has 2 N–H and O–H groups in total. The summed E-state index contributed by atoms with van der Waals surface area (Å²) in [6, 6.07) is 24.2. The molecule has 210 valence electrons. The highest BCUT2D eigenvalue weighted by molar-refractivity contribution is 5.95. The first-order valence-electron chi connectivity index (χ1n) is 12.9. The van der Waals surface area contributed by atoms with Gasteiger partial charge in [-0.3, -0.25) is 14.6 Å². The minimum Gasteiger partial charge on any atom is -0.554 e. The van der Waals surface area contributed by atoms with Gasteiger partial charge in [0.2, 0.25) is 5.78 Å². The minimum atomic E-state index is -0.595. The maximum Gasteiger partial charge on any atom is 0.333 e. The minimum absolute atomic E-state index is 0.0546. The van der Waals surface area contributed by atoms with Gasteiger partial charge in [0.15, 0.2) is 12.1 Å². The number of ether oxygens (including phenoxy) is 1. The summed E-state index contributed by atoms with van der Waals surface area (Å²) in [5.41, 5.74) is 2.24. The van der Waals surface area contributed by atoms with Crippen LogP contribution in [0.5, 0.6) is 0 Å². The molecule has 4 heterocycles. The molecule has 0 spiro atoms. The Balaban J connectivity index is 0.000000676. The number of nitrogens with zero attached hydrogens (tertiary/aromatic N) is 2. The molecule has 3 aromatic rings. The van der Waals surface area contributed by atoms with Crippen LogP contribution >= 0.6 is 0 Å². The zero-order valence-corrected chi connectivity index (χ0v) is 22.0. The number of rotatable bonds is 8. The molecule has 0 saturated carbocycles. The number of para-hydroxylation sites is 1. The molecule has 0 amide bonds. The molecular weight excluding hydrogens is 514 g/mol. The molecule has 2 aromatic carbocycles. The Morgan fingerprint density at radius 1 is 1.00 bits per heavy atom. The average Bonchev–Trinajstić information content (AvgIpc) is 2.98. The number of quaternary nitrogens is 1. The highest BCUT2D eigenvalue weighted by Crippen LogP contribution is 2.36. The molecule has 10 nitrogen and oxygen atoms in total. The number of benzene rings is 2. The number of carbonyl (C=O) groups excluding carboxylic acids is 3. The molecule has 10 heteroatoms. The smallest absolute Gasteiger partial charge is 0.333 e. The van der Waals surface area contributed by atoms with Gasteiger partial charge in [0.1, 0.15) is 18.8 Å². The van der Waals surface area contributed by atoms with E-state index in [0.717, 1.165) is 37.2 Å². The van der Waals surface area contributed by atoms with Gasteiger partial charge in [0, 0.05) is 37.1 Å². The van der Waals surface area contributed by atoms with Crippen molar-refractivity contribution in [2.45, 2.75) is 25.0 Å². The normalized spacial score (nSPS) is 21.2. The fourth-order valence-corrected chi connectivity index (χ4v) is 5.33. The van der Waals surface area contributed by atoms with Crippen LogP contribution in [0.15, 0.2) is 85.1 Å². The first kappa shape index (κ1) is 30.0. The summed E-state index contributed by atoms with van der Waals surface area (Å²) in [6.07, 6.45) is 3.41. The second-order valence-corrected chi connectivity index (χ2v) is 9.64. The second-order valence-electron chi connectivity index (χ2n) is 9.64. The number of fused-ring (bicyclic) bond motifs is 3. The van der Waals surface area contributed by atoms with E-state index in [2.05, 4.69) is 10.3 Å². The predicted octanol–water partition coefficient (Wildman–Crippen LogP) is 2.34. The number of anilines is 1. The molecular formula is C30H33N3O7. The van der Waals surface area contributed by atoms with Gasteiger partial charge in [-0.25, -0.2) is 4.79 Å². The van der Waals surface area contributed by atoms with Crippen molar-refractivity contribution in [3.8, 4) is 0 Å². The molecule has 2 atom stereocenters. The van der Waals surface area contributed by atoms with Crippen molar-refractivity contribution in [2.24, 2.45) is 5.92 Å². The van der Waals surface area contributed by atoms with Gasteiger partial charge in [-0.1, -0.05) is 54.6 Å². The molecule has 40 heavy (non-hydrogen) atoms. The van der Waals surface area contributed by atoms with E-state index in [1.165, 1.54) is 0 Å². The molecule has 3 saturated heterocycles. The average molecular weight is 548 g/mol. The molecule has 3 aliphatic heterocycles. The van der Waals surface area contributed by atoms with Crippen LogP contribution in [0.1, 0.15) is 34.9 Å². The molecule has 2 bridgehead atoms. The lowest BCUT2D eigenvalue weighted by Gasteiger charge is -2.51. The van der Waals surface area contributed by atoms with Gasteiger partial charge in [-0.05, 0) is 29.8 Å². The zero-order chi connectivity index (χ0) is 28.8. The van der Waals surface area contributed by atoms with Gasteiger partial charge >= 0.3 is 5.97 Å². The monoisotopic (exact) mass is 547 g/mol. The number of aromatic nitrogens is 1. The van der Waals surface area contributed by atoms with Crippen LogP contribution in [-0.2, 0) is 19.1 Å². The molecule has 1 unspecified atom stereocenters. The highest BCUT2D eigenvalue weighted by atomic mass is 16.5. The Kier molecular flexibility index (Phi) is 11.3. The van der Waals surface area contributed by atoms with Crippen molar-refractivity contribution >= 4 is 30.4 Å². The van der Waals surface area contributed by atoms with Gasteiger partial charge < -0.3 is 29.5 Å². The SMILES string of the molecule is O=C(C[N+]12CCC(CC1)[C@@H](OC(=O)C(Nc1ccccc1)c1ccccc1)C2)c1ccccn1.O=CO.O=C[O-]. The molecule has 1 aromatic heterocycles. The van der Waals surface area contributed by atoms with Crippen molar-refractivity contribution in [3.63, 3.8) is 0 Å². The highest BCUT2D eigenvalue weighted by Gasteiger charge is 2.49. The Morgan fingerprint density at radius 3 is 2.15 bits per heavy atom. The third kappa shape index (κ3) is 8.21. The number of nitrogens with one attached hydrogen (secondary N) is 1. The van der Waals surface area contributed by atoms with E-state index in [0.29, 0.717) is 29.2 Å². The summed E-state index contributed by atoms with van der Waals surface area (Å²) in [4.78, 5) is 47.2. The second kappa shape index (κ2) is 15.1. The van der Waals surface area contributed by atoms with E-state index in [4.69, 9.17) is 24.5 Å². The molecule has 3 aliphatic rings. The van der Waals surface area contributed by atoms with Crippen LogP contribution in [0.3, 0.4) is 0 Å². The number of ketones is 1. The van der Waals surface area contributed by atoms with E-state index in [9.17, 15) is 9.59 Å². The number of carbonyl (C=O) groups is 4. The largest absolute Gasteiger partial charge is 0.554 e. The van der Waals surface area contributed by atoms with Crippen molar-refractivity contribution in [1.29, 1.82) is 0 Å². The summed E-state index contributed by atoms with van der Waals surface area (Å²) < 4.78 is 6.85. The van der Waals surface area contributed by atoms with Crippen LogP contribution in [-0.4, -0.2) is 71.6 Å². The number of hydrogen-bond donors (Lipinski definition) is 2. The van der Waals surface area contributed by atoms with Crippen molar-refractivity contribution in [1.82, 2.24) is 4.98 Å². The molecule has 3 fully saturated rings. The Hall–Kier alpha value is -4.57. The Morgan fingerprint density at radius 2 is 1.57 bits per heavy atom. The molecule has 6 rings (SSSR count). The quantitative estimate of drug-likeness (QED) is 0.188. The fourth-order valence-electron chi connectivity index (χ4n) is 5.33. The number of pyridine rings is 1. The summed E-state index contributed by atoms with van der Waals surface area (Å²) in [5.74, 6) is 0.129. The third-order valence-electron chi connectivity index (χ3n) is 7.19. The fraction of sp³-hybridized carbons (Fsp3) is 0.300. The van der Waals surface area contributed by atoms with Crippen LogP contribution in [0, 0.1) is 5.92 Å². The van der Waals surface area contributed by atoms with Gasteiger partial charge in [-0.15, -0.1) is 0 Å². The van der Waals surface area contributed by atoms with E-state index < -0.39 is 12.5 Å². The maximum atomic E-state index is 13.5. The van der Waals surface area contributed by atoms with Gasteiger partial charge in [-0.2, -0.15) is 0 Å². The lowest BCUT2D eigenvalue weighted by atomic mass is 9.83. The molecule has 0 radical (unpaired) electrons. The predicted molar refractivity (Wildman–Crippen MR) is 145 cm³/mol. The summed E-state index contributed by atoms with van der Waals surface area (Å²) in [5, 5.41) is 18.5. The van der Waals surface area contributed by atoms with Crippen LogP contribution in [0.25, 0.3) is 0 Å². The summed E-state index contributed by atoms with van der Waals surface area (Å²) in [7, 11) is 0. The lowest BCUT2D eigenvalue weighted by molar-refractivity contribution is -0.938. The van der Waals surface area contributed by atoms with Crippen molar-refractivity contribution in [2.75, 3.05) is 31.5 Å². The number of esters is 1. The van der Waals surface area contributed by atoms with E-state index in [1.54, 1.807) is 12.3 Å². The van der Waals surface area contributed by atoms with Gasteiger partial charge in [0.25, 0.3) is 6.47 Å². The van der Waals surface area contributed by atoms with Crippen LogP contribution < -0.4 is 10.4 Å². The van der Waals surface area contributed by atoms with E-state index >= 15 is 0 Å². The molecule has 0 aliphatic carbocycles. The van der Waals surface area contributed by atoms with Crippen LogP contribution in [0.4, 0.5) is 5.69 Å². The third-order valence-corrected chi connectivity index (χ3v) is 7.19. The standard InChI is InChI=1S/C28H30N3O3.2CH2O2/c32-25(24-13-7-8-16-29-24)19-31-17-14-21(15-18-31)26(20-31)34-28(33)27(22-9-3-1-4-10-22)30-23-11-5-2-6-12-23;2*2-1-3/h1-13,16,21,26-27,30H,14-15,17-20H2;2*1H,(H,2,3)/q+1;;/p-1/t21?,26-,27?,31?;;/m0../s1.